The maximum atomic E-state index is 13.8. The predicted molar refractivity (Wildman–Crippen MR) is 143 cm³/mol. The number of carbonyl (C=O) groups is 1. The SMILES string of the molecule is CCCc1nnc(N2C(=O)c3oc4ccc(Cl)cc4c(=O)c3C2c2cccc(Oc3ccccc3)c2)s1. The van der Waals surface area contributed by atoms with Crippen LogP contribution in [0.15, 0.2) is 82.0 Å². The van der Waals surface area contributed by atoms with Gasteiger partial charge in [0.1, 0.15) is 22.1 Å². The molecular formula is C28H20ClN3O4S. The Bertz CT molecular complexity index is 1700. The third kappa shape index (κ3) is 4.18. The largest absolute Gasteiger partial charge is 0.457 e. The lowest BCUT2D eigenvalue weighted by molar-refractivity contribution is 0.0970. The van der Waals surface area contributed by atoms with Crippen LogP contribution in [0.2, 0.25) is 5.02 Å². The summed E-state index contributed by atoms with van der Waals surface area (Å²) < 4.78 is 12.1. The average molecular weight is 530 g/mol. The zero-order valence-corrected chi connectivity index (χ0v) is 21.3. The first-order chi connectivity index (χ1) is 18.0. The number of para-hydroxylation sites is 1. The fourth-order valence-electron chi connectivity index (χ4n) is 4.49. The third-order valence-electron chi connectivity index (χ3n) is 6.11. The summed E-state index contributed by atoms with van der Waals surface area (Å²) in [5.74, 6) is 0.795. The van der Waals surface area contributed by atoms with E-state index >= 15 is 0 Å². The maximum Gasteiger partial charge on any atom is 0.297 e. The monoisotopic (exact) mass is 529 g/mol. The van der Waals surface area contributed by atoms with Crippen molar-refractivity contribution in [1.29, 1.82) is 0 Å². The summed E-state index contributed by atoms with van der Waals surface area (Å²) in [6, 6.07) is 20.7. The molecule has 1 unspecified atom stereocenters. The van der Waals surface area contributed by atoms with E-state index in [1.807, 2.05) is 54.6 Å². The van der Waals surface area contributed by atoms with Gasteiger partial charge < -0.3 is 9.15 Å². The zero-order chi connectivity index (χ0) is 25.5. The molecule has 9 heteroatoms. The predicted octanol–water partition coefficient (Wildman–Crippen LogP) is 6.79. The lowest BCUT2D eigenvalue weighted by Gasteiger charge is -2.22. The van der Waals surface area contributed by atoms with Gasteiger partial charge in [-0.15, -0.1) is 10.2 Å². The minimum absolute atomic E-state index is 0.00792. The number of hydrogen-bond donors (Lipinski definition) is 0. The third-order valence-corrected chi connectivity index (χ3v) is 7.33. The van der Waals surface area contributed by atoms with E-state index in [1.165, 1.54) is 16.2 Å². The van der Waals surface area contributed by atoms with E-state index in [0.717, 1.165) is 17.8 Å². The van der Waals surface area contributed by atoms with Gasteiger partial charge in [0.25, 0.3) is 5.91 Å². The molecule has 3 aromatic carbocycles. The van der Waals surface area contributed by atoms with Gasteiger partial charge in [-0.3, -0.25) is 14.5 Å². The van der Waals surface area contributed by atoms with Gasteiger partial charge in [0.2, 0.25) is 10.9 Å². The second-order valence-electron chi connectivity index (χ2n) is 8.61. The first-order valence-corrected chi connectivity index (χ1v) is 13.0. The normalized spacial score (nSPS) is 14.8. The molecular weight excluding hydrogens is 510 g/mol. The van der Waals surface area contributed by atoms with Crippen LogP contribution in [0.25, 0.3) is 11.0 Å². The van der Waals surface area contributed by atoms with Crippen molar-refractivity contribution in [2.45, 2.75) is 25.8 Å². The molecule has 0 fully saturated rings. The van der Waals surface area contributed by atoms with E-state index in [2.05, 4.69) is 17.1 Å². The number of aromatic nitrogens is 2. The highest BCUT2D eigenvalue weighted by molar-refractivity contribution is 7.15. The molecule has 6 rings (SSSR count). The number of rotatable bonds is 6. The molecule has 0 N–H and O–H groups in total. The molecule has 0 saturated heterocycles. The number of ether oxygens (including phenoxy) is 1. The fourth-order valence-corrected chi connectivity index (χ4v) is 5.63. The van der Waals surface area contributed by atoms with E-state index < -0.39 is 11.9 Å². The fraction of sp³-hybridized carbons (Fsp3) is 0.143. The van der Waals surface area contributed by atoms with E-state index in [-0.39, 0.29) is 16.8 Å². The number of fused-ring (bicyclic) bond motifs is 2. The van der Waals surface area contributed by atoms with Crippen LogP contribution in [-0.4, -0.2) is 16.1 Å². The van der Waals surface area contributed by atoms with Crippen molar-refractivity contribution in [3.05, 3.63) is 110 Å². The quantitative estimate of drug-likeness (QED) is 0.241. The Labute approximate surface area is 220 Å². The maximum absolute atomic E-state index is 13.8. The molecule has 0 saturated carbocycles. The number of anilines is 1. The number of halogens is 1. The molecule has 0 aliphatic carbocycles. The van der Waals surface area contributed by atoms with Crippen molar-refractivity contribution in [1.82, 2.24) is 10.2 Å². The number of amides is 1. The standard InChI is InChI=1S/C28H20ClN3O4S/c1-2-7-22-30-31-28(37-22)32-24(16-8-6-11-19(14-16)35-18-9-4-3-5-10-18)23-25(33)20-15-17(29)12-13-21(20)36-26(23)27(32)34/h3-6,8-15,24H,2,7H2,1H3. The Kier molecular flexibility index (Phi) is 5.98. The van der Waals surface area contributed by atoms with Crippen molar-refractivity contribution in [2.24, 2.45) is 0 Å². The summed E-state index contributed by atoms with van der Waals surface area (Å²) >= 11 is 7.52. The molecule has 3 heterocycles. The van der Waals surface area contributed by atoms with Gasteiger partial charge in [-0.1, -0.05) is 60.2 Å². The molecule has 0 radical (unpaired) electrons. The van der Waals surface area contributed by atoms with Crippen LogP contribution in [-0.2, 0) is 6.42 Å². The van der Waals surface area contributed by atoms with Crippen LogP contribution in [0.4, 0.5) is 5.13 Å². The smallest absolute Gasteiger partial charge is 0.297 e. The Balaban J connectivity index is 1.53. The van der Waals surface area contributed by atoms with Gasteiger partial charge in [-0.2, -0.15) is 0 Å². The van der Waals surface area contributed by atoms with Gasteiger partial charge in [-0.05, 0) is 54.4 Å². The number of aryl methyl sites for hydroxylation is 1. The van der Waals surface area contributed by atoms with Crippen LogP contribution in [0.5, 0.6) is 11.5 Å². The van der Waals surface area contributed by atoms with Crippen molar-refractivity contribution in [2.75, 3.05) is 4.90 Å². The molecule has 5 aromatic rings. The molecule has 0 bridgehead atoms. The highest BCUT2D eigenvalue weighted by atomic mass is 35.5. The van der Waals surface area contributed by atoms with Crippen LogP contribution in [0, 0.1) is 0 Å². The molecule has 2 aromatic heterocycles. The summed E-state index contributed by atoms with van der Waals surface area (Å²) in [5.41, 5.74) is 0.907. The Hall–Kier alpha value is -4.01. The zero-order valence-electron chi connectivity index (χ0n) is 19.7. The van der Waals surface area contributed by atoms with E-state index in [4.69, 9.17) is 20.8 Å². The van der Waals surface area contributed by atoms with Crippen molar-refractivity contribution in [3.63, 3.8) is 0 Å². The molecule has 1 aliphatic heterocycles. The molecule has 7 nitrogen and oxygen atoms in total. The molecule has 184 valence electrons. The number of benzene rings is 3. The highest BCUT2D eigenvalue weighted by Gasteiger charge is 2.45. The molecule has 1 aliphatic rings. The average Bonchev–Trinajstić information content (AvgIpc) is 3.48. The second kappa shape index (κ2) is 9.46. The van der Waals surface area contributed by atoms with Crippen molar-refractivity contribution < 1.29 is 13.9 Å². The van der Waals surface area contributed by atoms with Gasteiger partial charge in [0.05, 0.1) is 17.0 Å². The van der Waals surface area contributed by atoms with Gasteiger partial charge in [0.15, 0.2) is 5.43 Å². The molecule has 37 heavy (non-hydrogen) atoms. The van der Waals surface area contributed by atoms with Gasteiger partial charge >= 0.3 is 0 Å². The van der Waals surface area contributed by atoms with Crippen LogP contribution in [0.3, 0.4) is 0 Å². The van der Waals surface area contributed by atoms with E-state index in [0.29, 0.717) is 38.2 Å². The van der Waals surface area contributed by atoms with Crippen molar-refractivity contribution in [3.8, 4) is 11.5 Å². The lowest BCUT2D eigenvalue weighted by atomic mass is 9.98. The highest BCUT2D eigenvalue weighted by Crippen LogP contribution is 2.43. The first kappa shape index (κ1) is 23.4. The van der Waals surface area contributed by atoms with Crippen LogP contribution < -0.4 is 15.1 Å². The molecule has 0 spiro atoms. The van der Waals surface area contributed by atoms with Crippen LogP contribution in [0.1, 0.15) is 46.1 Å². The van der Waals surface area contributed by atoms with E-state index in [1.54, 1.807) is 18.2 Å². The number of carbonyl (C=O) groups excluding carboxylic acids is 1. The second-order valence-corrected chi connectivity index (χ2v) is 10.1. The summed E-state index contributed by atoms with van der Waals surface area (Å²) in [6.07, 6.45) is 1.65. The molecule has 1 amide bonds. The summed E-state index contributed by atoms with van der Waals surface area (Å²) in [4.78, 5) is 29.1. The first-order valence-electron chi connectivity index (χ1n) is 11.8. The number of nitrogens with zero attached hydrogens (tertiary/aromatic N) is 3. The number of hydrogen-bond acceptors (Lipinski definition) is 7. The van der Waals surface area contributed by atoms with Crippen LogP contribution >= 0.6 is 22.9 Å². The Morgan fingerprint density at radius 1 is 1.00 bits per heavy atom. The Morgan fingerprint density at radius 2 is 1.81 bits per heavy atom. The minimum Gasteiger partial charge on any atom is -0.457 e. The Morgan fingerprint density at radius 3 is 2.62 bits per heavy atom. The van der Waals surface area contributed by atoms with Crippen molar-refractivity contribution >= 4 is 44.9 Å². The van der Waals surface area contributed by atoms with E-state index in [9.17, 15) is 9.59 Å². The van der Waals surface area contributed by atoms with Gasteiger partial charge in [-0.25, -0.2) is 0 Å². The summed E-state index contributed by atoms with van der Waals surface area (Å²) in [6.45, 7) is 2.05. The minimum atomic E-state index is -0.774. The molecule has 1 atom stereocenters. The topological polar surface area (TPSA) is 85.5 Å². The van der Waals surface area contributed by atoms with Gasteiger partial charge in [0, 0.05) is 11.4 Å². The summed E-state index contributed by atoms with van der Waals surface area (Å²) in [7, 11) is 0. The lowest BCUT2D eigenvalue weighted by Crippen LogP contribution is -2.29. The summed E-state index contributed by atoms with van der Waals surface area (Å²) in [5, 5.41) is 10.5.